The quantitative estimate of drug-likeness (QED) is 0.467. The summed E-state index contributed by atoms with van der Waals surface area (Å²) in [7, 11) is 0. The van der Waals surface area contributed by atoms with Crippen molar-refractivity contribution in [2.45, 2.75) is 6.92 Å². The molecule has 2 aromatic rings. The largest absolute Gasteiger partial charge is 0.354 e. The molecule has 7 nitrogen and oxygen atoms in total. The van der Waals surface area contributed by atoms with E-state index in [1.807, 2.05) is 31.2 Å². The molecule has 0 unspecified atom stereocenters. The van der Waals surface area contributed by atoms with E-state index in [1.165, 1.54) is 6.20 Å². The van der Waals surface area contributed by atoms with Crippen LogP contribution in [0.3, 0.4) is 0 Å². The van der Waals surface area contributed by atoms with Crippen LogP contribution in [0.25, 0.3) is 0 Å². The van der Waals surface area contributed by atoms with Gasteiger partial charge in [-0.2, -0.15) is 4.98 Å². The number of anilines is 3. The van der Waals surface area contributed by atoms with Crippen LogP contribution in [0.15, 0.2) is 30.5 Å². The van der Waals surface area contributed by atoms with Gasteiger partial charge in [0.15, 0.2) is 0 Å². The molecule has 2 rings (SSSR count). The average molecular weight is 385 g/mol. The average Bonchev–Trinajstić information content (AvgIpc) is 2.39. The van der Waals surface area contributed by atoms with Gasteiger partial charge < -0.3 is 10.6 Å². The van der Waals surface area contributed by atoms with Crippen LogP contribution in [0.5, 0.6) is 0 Å². The van der Waals surface area contributed by atoms with Gasteiger partial charge in [0.05, 0.1) is 4.92 Å². The van der Waals surface area contributed by atoms with Gasteiger partial charge in [0.2, 0.25) is 11.8 Å². The minimum absolute atomic E-state index is 0.162. The third-order valence-electron chi connectivity index (χ3n) is 2.39. The fourth-order valence-corrected chi connectivity index (χ4v) is 2.09. The van der Waals surface area contributed by atoms with E-state index in [1.54, 1.807) is 0 Å². The van der Waals surface area contributed by atoms with Crippen LogP contribution < -0.4 is 10.6 Å². The highest BCUT2D eigenvalue weighted by Crippen LogP contribution is 2.26. The van der Waals surface area contributed by atoms with Crippen molar-refractivity contribution in [2.24, 2.45) is 0 Å². The normalized spacial score (nSPS) is 10.1. The third kappa shape index (κ3) is 3.53. The second-order valence-electron chi connectivity index (χ2n) is 3.85. The van der Waals surface area contributed by atoms with E-state index in [-0.39, 0.29) is 11.5 Å². The summed E-state index contributed by atoms with van der Waals surface area (Å²) in [4.78, 5) is 18.5. The van der Waals surface area contributed by atoms with E-state index in [2.05, 4.69) is 43.2 Å². The first-order valence-corrected chi connectivity index (χ1v) is 6.96. The Labute approximate surface area is 129 Å². The lowest BCUT2D eigenvalue weighted by Gasteiger charge is -2.08. The minimum Gasteiger partial charge on any atom is -0.354 e. The molecule has 0 fully saturated rings. The number of aromatic nitrogens is 2. The zero-order chi connectivity index (χ0) is 14.5. The summed E-state index contributed by atoms with van der Waals surface area (Å²) in [5.41, 5.74) is 0.576. The maximum absolute atomic E-state index is 11.0. The van der Waals surface area contributed by atoms with Crippen molar-refractivity contribution in [2.75, 3.05) is 17.2 Å². The number of hydrogen-bond donors (Lipinski definition) is 2. The number of hydrogen-bond acceptors (Lipinski definition) is 6. The molecule has 2 N–H and O–H groups in total. The monoisotopic (exact) mass is 385 g/mol. The zero-order valence-corrected chi connectivity index (χ0v) is 12.8. The summed E-state index contributed by atoms with van der Waals surface area (Å²) in [6.07, 6.45) is 1.20. The Bertz CT molecular complexity index is 635. The van der Waals surface area contributed by atoms with E-state index >= 15 is 0 Å². The van der Waals surface area contributed by atoms with E-state index < -0.39 is 4.92 Å². The molecule has 0 bridgehead atoms. The number of nitrogens with one attached hydrogen (secondary N) is 2. The molecule has 0 radical (unpaired) electrons. The molecule has 104 valence electrons. The van der Waals surface area contributed by atoms with E-state index in [0.717, 1.165) is 9.26 Å². The smallest absolute Gasteiger partial charge is 0.329 e. The standard InChI is InChI=1S/C12H12IN5O2/c1-2-14-12-15-7-10(18(19)20)11(17-12)16-9-5-3-4-8(13)6-9/h3-7H,2H2,1H3,(H2,14,15,16,17). The summed E-state index contributed by atoms with van der Waals surface area (Å²) in [5, 5.41) is 16.9. The molecule has 0 spiro atoms. The van der Waals surface area contributed by atoms with Crippen molar-refractivity contribution in [1.29, 1.82) is 0 Å². The Balaban J connectivity index is 2.36. The zero-order valence-electron chi connectivity index (χ0n) is 10.6. The molecule has 0 amide bonds. The molecule has 0 atom stereocenters. The van der Waals surface area contributed by atoms with Gasteiger partial charge in [-0.15, -0.1) is 0 Å². The first kappa shape index (κ1) is 14.4. The molecule has 0 aliphatic heterocycles. The lowest BCUT2D eigenvalue weighted by Crippen LogP contribution is -2.06. The minimum atomic E-state index is -0.508. The van der Waals surface area contributed by atoms with Gasteiger partial charge >= 0.3 is 5.69 Å². The maximum Gasteiger partial charge on any atom is 0.329 e. The first-order valence-electron chi connectivity index (χ1n) is 5.88. The number of nitrogens with zero attached hydrogens (tertiary/aromatic N) is 3. The SMILES string of the molecule is CCNc1ncc([N+](=O)[O-])c(Nc2cccc(I)c2)n1. The molecular weight excluding hydrogens is 373 g/mol. The fraction of sp³-hybridized carbons (Fsp3) is 0.167. The van der Waals surface area contributed by atoms with Crippen molar-refractivity contribution in [3.05, 3.63) is 44.1 Å². The summed E-state index contributed by atoms with van der Waals surface area (Å²) in [5.74, 6) is 0.522. The number of benzene rings is 1. The van der Waals surface area contributed by atoms with Crippen molar-refractivity contribution in [3.63, 3.8) is 0 Å². The Hall–Kier alpha value is -1.97. The highest BCUT2D eigenvalue weighted by Gasteiger charge is 2.17. The molecule has 1 aromatic carbocycles. The first-order chi connectivity index (χ1) is 9.60. The summed E-state index contributed by atoms with van der Waals surface area (Å²) in [6, 6.07) is 7.49. The molecule has 0 saturated heterocycles. The van der Waals surface area contributed by atoms with Crippen molar-refractivity contribution < 1.29 is 4.92 Å². The number of rotatable bonds is 5. The number of nitro groups is 1. The topological polar surface area (TPSA) is 93.0 Å². The van der Waals surface area contributed by atoms with Gasteiger partial charge in [0.25, 0.3) is 0 Å². The van der Waals surface area contributed by atoms with Crippen molar-refractivity contribution >= 4 is 45.7 Å². The summed E-state index contributed by atoms with van der Waals surface area (Å²) >= 11 is 2.17. The predicted octanol–water partition coefficient (Wildman–Crippen LogP) is 3.16. The summed E-state index contributed by atoms with van der Waals surface area (Å²) in [6.45, 7) is 2.54. The van der Waals surface area contributed by atoms with Crippen LogP contribution in [0.2, 0.25) is 0 Å². The molecule has 20 heavy (non-hydrogen) atoms. The highest BCUT2D eigenvalue weighted by molar-refractivity contribution is 14.1. The molecular formula is C12H12IN5O2. The van der Waals surface area contributed by atoms with Gasteiger partial charge in [0.1, 0.15) is 6.20 Å². The van der Waals surface area contributed by atoms with Gasteiger partial charge in [0, 0.05) is 15.8 Å². The van der Waals surface area contributed by atoms with Gasteiger partial charge in [-0.05, 0) is 47.7 Å². The maximum atomic E-state index is 11.0. The molecule has 0 aliphatic carbocycles. The van der Waals surface area contributed by atoms with E-state index in [9.17, 15) is 10.1 Å². The van der Waals surface area contributed by atoms with Crippen LogP contribution in [0.1, 0.15) is 6.92 Å². The van der Waals surface area contributed by atoms with Gasteiger partial charge in [-0.1, -0.05) is 6.07 Å². The molecule has 8 heteroatoms. The van der Waals surface area contributed by atoms with Crippen molar-refractivity contribution in [3.8, 4) is 0 Å². The second kappa shape index (κ2) is 6.46. The van der Waals surface area contributed by atoms with Crippen LogP contribution in [0.4, 0.5) is 23.1 Å². The Morgan fingerprint density at radius 2 is 2.25 bits per heavy atom. The third-order valence-corrected chi connectivity index (χ3v) is 3.06. The fourth-order valence-electron chi connectivity index (χ4n) is 1.55. The lowest BCUT2D eigenvalue weighted by molar-refractivity contribution is -0.384. The Morgan fingerprint density at radius 3 is 2.90 bits per heavy atom. The second-order valence-corrected chi connectivity index (χ2v) is 5.10. The molecule has 0 aliphatic rings. The predicted molar refractivity (Wildman–Crippen MR) is 85.3 cm³/mol. The number of halogens is 1. The van der Waals surface area contributed by atoms with Crippen LogP contribution in [-0.2, 0) is 0 Å². The van der Waals surface area contributed by atoms with Crippen molar-refractivity contribution in [1.82, 2.24) is 9.97 Å². The Morgan fingerprint density at radius 1 is 1.45 bits per heavy atom. The molecule has 0 saturated carbocycles. The lowest BCUT2D eigenvalue weighted by atomic mass is 10.3. The van der Waals surface area contributed by atoms with Gasteiger partial charge in [-0.3, -0.25) is 10.1 Å². The van der Waals surface area contributed by atoms with Gasteiger partial charge in [-0.25, -0.2) is 4.98 Å². The molecule has 1 heterocycles. The Kier molecular flexibility index (Phi) is 4.66. The molecule has 1 aromatic heterocycles. The van der Waals surface area contributed by atoms with Crippen LogP contribution >= 0.6 is 22.6 Å². The van der Waals surface area contributed by atoms with Crippen LogP contribution in [0, 0.1) is 13.7 Å². The highest BCUT2D eigenvalue weighted by atomic mass is 127. The van der Waals surface area contributed by atoms with E-state index in [0.29, 0.717) is 12.5 Å². The summed E-state index contributed by atoms with van der Waals surface area (Å²) < 4.78 is 1.02. The van der Waals surface area contributed by atoms with Crippen LogP contribution in [-0.4, -0.2) is 21.4 Å². The van der Waals surface area contributed by atoms with E-state index in [4.69, 9.17) is 0 Å².